The van der Waals surface area contributed by atoms with Gasteiger partial charge in [-0.05, 0) is 48.4 Å². The molecular formula is C21H27NO5. The summed E-state index contributed by atoms with van der Waals surface area (Å²) in [7, 11) is 3.23. The minimum Gasteiger partial charge on any atom is -0.493 e. The number of aliphatic hydroxyl groups is 1. The van der Waals surface area contributed by atoms with E-state index in [4.69, 9.17) is 14.2 Å². The summed E-state index contributed by atoms with van der Waals surface area (Å²) in [6.45, 7) is 1.34. The molecule has 0 bridgehead atoms. The number of ether oxygens (including phenoxy) is 3. The van der Waals surface area contributed by atoms with Gasteiger partial charge < -0.3 is 29.4 Å². The molecule has 6 heteroatoms. The Balaban J connectivity index is 1.69. The lowest BCUT2D eigenvalue weighted by Crippen LogP contribution is -2.32. The minimum absolute atomic E-state index is 0.188. The Morgan fingerprint density at radius 2 is 1.89 bits per heavy atom. The number of aldehydes is 1. The van der Waals surface area contributed by atoms with Gasteiger partial charge in [-0.3, -0.25) is 0 Å². The summed E-state index contributed by atoms with van der Waals surface area (Å²) >= 11 is 0. The number of nitrogens with one attached hydrogen (secondary N) is 1. The van der Waals surface area contributed by atoms with Crippen molar-refractivity contribution in [3.05, 3.63) is 53.6 Å². The van der Waals surface area contributed by atoms with E-state index >= 15 is 0 Å². The van der Waals surface area contributed by atoms with E-state index in [9.17, 15) is 9.90 Å². The van der Waals surface area contributed by atoms with Crippen molar-refractivity contribution in [3.8, 4) is 17.2 Å². The zero-order chi connectivity index (χ0) is 19.5. The number of hydrogen-bond acceptors (Lipinski definition) is 6. The first-order chi connectivity index (χ1) is 13.2. The maximum atomic E-state index is 10.6. The van der Waals surface area contributed by atoms with Crippen LogP contribution >= 0.6 is 0 Å². The monoisotopic (exact) mass is 373 g/mol. The highest BCUT2D eigenvalue weighted by Crippen LogP contribution is 2.27. The third-order valence-corrected chi connectivity index (χ3v) is 4.08. The van der Waals surface area contributed by atoms with Gasteiger partial charge in [-0.15, -0.1) is 0 Å². The van der Waals surface area contributed by atoms with Gasteiger partial charge in [-0.1, -0.05) is 18.2 Å². The summed E-state index contributed by atoms with van der Waals surface area (Å²) in [5.74, 6) is 2.07. The molecule has 2 rings (SSSR count). The lowest BCUT2D eigenvalue weighted by Gasteiger charge is -2.14. The van der Waals surface area contributed by atoms with Crippen LogP contribution in [0.3, 0.4) is 0 Å². The molecule has 6 nitrogen and oxygen atoms in total. The molecule has 2 N–H and O–H groups in total. The summed E-state index contributed by atoms with van der Waals surface area (Å²) in [6.07, 6.45) is 1.40. The largest absolute Gasteiger partial charge is 0.493 e. The molecule has 0 amide bonds. The van der Waals surface area contributed by atoms with Crippen molar-refractivity contribution in [3.63, 3.8) is 0 Å². The predicted molar refractivity (Wildman–Crippen MR) is 104 cm³/mol. The summed E-state index contributed by atoms with van der Waals surface area (Å²) in [4.78, 5) is 10.6. The average molecular weight is 373 g/mol. The molecule has 27 heavy (non-hydrogen) atoms. The second kappa shape index (κ2) is 11.2. The molecule has 0 radical (unpaired) electrons. The summed E-state index contributed by atoms with van der Waals surface area (Å²) < 4.78 is 16.1. The van der Waals surface area contributed by atoms with Crippen molar-refractivity contribution in [1.29, 1.82) is 0 Å². The number of carbonyl (C=O) groups is 1. The molecule has 0 aromatic heterocycles. The fourth-order valence-electron chi connectivity index (χ4n) is 2.65. The van der Waals surface area contributed by atoms with E-state index in [1.807, 2.05) is 42.5 Å². The van der Waals surface area contributed by atoms with Gasteiger partial charge in [-0.25, -0.2) is 0 Å². The van der Waals surface area contributed by atoms with Crippen LogP contribution < -0.4 is 19.5 Å². The van der Waals surface area contributed by atoms with Gasteiger partial charge in [0, 0.05) is 13.0 Å². The molecule has 1 atom stereocenters. The van der Waals surface area contributed by atoms with Crippen LogP contribution in [0.4, 0.5) is 0 Å². The molecular weight excluding hydrogens is 346 g/mol. The van der Waals surface area contributed by atoms with E-state index in [1.54, 1.807) is 14.2 Å². The Labute approximate surface area is 160 Å². The van der Waals surface area contributed by atoms with Crippen LogP contribution in [-0.4, -0.2) is 51.4 Å². The van der Waals surface area contributed by atoms with E-state index < -0.39 is 6.10 Å². The zero-order valence-electron chi connectivity index (χ0n) is 15.8. The van der Waals surface area contributed by atoms with Crippen LogP contribution in [0.25, 0.3) is 0 Å². The second-order valence-electron chi connectivity index (χ2n) is 6.13. The van der Waals surface area contributed by atoms with Gasteiger partial charge >= 0.3 is 0 Å². The summed E-state index contributed by atoms with van der Waals surface area (Å²) in [5.41, 5.74) is 2.02. The smallest absolute Gasteiger partial charge is 0.160 e. The van der Waals surface area contributed by atoms with E-state index in [2.05, 4.69) is 5.32 Å². The fraction of sp³-hybridized carbons (Fsp3) is 0.381. The minimum atomic E-state index is -0.620. The molecule has 0 saturated heterocycles. The topological polar surface area (TPSA) is 77.0 Å². The zero-order valence-corrected chi connectivity index (χ0v) is 15.8. The first kappa shape index (κ1) is 20.7. The predicted octanol–water partition coefficient (Wildman–Crippen LogP) is 2.02. The van der Waals surface area contributed by atoms with Crippen LogP contribution in [-0.2, 0) is 17.6 Å². The third-order valence-electron chi connectivity index (χ3n) is 4.08. The number of hydrogen-bond donors (Lipinski definition) is 2. The molecule has 0 fully saturated rings. The van der Waals surface area contributed by atoms with Crippen molar-refractivity contribution >= 4 is 6.29 Å². The lowest BCUT2D eigenvalue weighted by molar-refractivity contribution is -0.107. The Hall–Kier alpha value is -2.57. The van der Waals surface area contributed by atoms with Crippen LogP contribution in [0.15, 0.2) is 42.5 Å². The van der Waals surface area contributed by atoms with Crippen molar-refractivity contribution < 1.29 is 24.1 Å². The van der Waals surface area contributed by atoms with Crippen molar-refractivity contribution in [2.75, 3.05) is 33.9 Å². The van der Waals surface area contributed by atoms with Crippen molar-refractivity contribution in [1.82, 2.24) is 5.32 Å². The highest BCUT2D eigenvalue weighted by Gasteiger charge is 2.07. The molecule has 0 aliphatic rings. The van der Waals surface area contributed by atoms with Crippen LogP contribution in [0, 0.1) is 0 Å². The molecule has 0 aliphatic heterocycles. The van der Waals surface area contributed by atoms with Crippen LogP contribution in [0.5, 0.6) is 17.2 Å². The normalized spacial score (nSPS) is 11.7. The number of benzene rings is 2. The Morgan fingerprint density at radius 1 is 1.07 bits per heavy atom. The maximum Gasteiger partial charge on any atom is 0.160 e. The van der Waals surface area contributed by atoms with Gasteiger partial charge in [-0.2, -0.15) is 0 Å². The summed E-state index contributed by atoms with van der Waals surface area (Å²) in [6, 6.07) is 13.2. The van der Waals surface area contributed by atoms with E-state index in [1.165, 1.54) is 0 Å². The Morgan fingerprint density at radius 3 is 2.63 bits per heavy atom. The number of carbonyl (C=O) groups excluding carboxylic acids is 1. The molecule has 0 heterocycles. The third kappa shape index (κ3) is 6.92. The van der Waals surface area contributed by atoms with Gasteiger partial charge in [0.15, 0.2) is 11.5 Å². The highest BCUT2D eigenvalue weighted by atomic mass is 16.5. The van der Waals surface area contributed by atoms with E-state index in [-0.39, 0.29) is 6.61 Å². The molecule has 2 aromatic rings. The second-order valence-corrected chi connectivity index (χ2v) is 6.13. The molecule has 0 spiro atoms. The molecule has 1 unspecified atom stereocenters. The first-order valence-corrected chi connectivity index (χ1v) is 8.91. The molecule has 0 aliphatic carbocycles. The van der Waals surface area contributed by atoms with Gasteiger partial charge in [0.1, 0.15) is 24.7 Å². The van der Waals surface area contributed by atoms with Gasteiger partial charge in [0.05, 0.1) is 14.2 Å². The highest BCUT2D eigenvalue weighted by molar-refractivity contribution is 5.55. The molecule has 2 aromatic carbocycles. The standard InChI is InChI=1S/C21H27NO5/c1-25-20-7-6-17(13-21(20)26-2)8-10-22-14-18(24)15-27-19-5-3-4-16(12-19)9-11-23/h3-7,11-13,18,22,24H,8-10,14-15H2,1-2H3. The molecule has 0 saturated carbocycles. The fourth-order valence-corrected chi connectivity index (χ4v) is 2.65. The SMILES string of the molecule is COc1ccc(CCNCC(O)COc2cccc(CC=O)c2)cc1OC. The average Bonchev–Trinajstić information content (AvgIpc) is 2.70. The Kier molecular flexibility index (Phi) is 8.61. The van der Waals surface area contributed by atoms with Crippen molar-refractivity contribution in [2.24, 2.45) is 0 Å². The van der Waals surface area contributed by atoms with Crippen LogP contribution in [0.1, 0.15) is 11.1 Å². The maximum absolute atomic E-state index is 10.6. The molecule has 146 valence electrons. The van der Waals surface area contributed by atoms with Gasteiger partial charge in [0.25, 0.3) is 0 Å². The van der Waals surface area contributed by atoms with Crippen LogP contribution in [0.2, 0.25) is 0 Å². The van der Waals surface area contributed by atoms with Crippen molar-refractivity contribution in [2.45, 2.75) is 18.9 Å². The van der Waals surface area contributed by atoms with E-state index in [0.29, 0.717) is 30.2 Å². The Bertz CT molecular complexity index is 719. The number of rotatable bonds is 12. The number of aliphatic hydroxyl groups excluding tert-OH is 1. The lowest BCUT2D eigenvalue weighted by atomic mass is 10.1. The van der Waals surface area contributed by atoms with E-state index in [0.717, 1.165) is 30.4 Å². The first-order valence-electron chi connectivity index (χ1n) is 8.91. The quantitative estimate of drug-likeness (QED) is 0.438. The number of methoxy groups -OCH3 is 2. The summed E-state index contributed by atoms with van der Waals surface area (Å²) in [5, 5.41) is 13.3. The van der Waals surface area contributed by atoms with Gasteiger partial charge in [0.2, 0.25) is 0 Å².